The minimum atomic E-state index is 0.226. The quantitative estimate of drug-likeness (QED) is 0.689. The van der Waals surface area contributed by atoms with Crippen LogP contribution in [0.3, 0.4) is 0 Å². The van der Waals surface area contributed by atoms with Gasteiger partial charge in [-0.2, -0.15) is 4.98 Å². The lowest BCUT2D eigenvalue weighted by Gasteiger charge is -2.05. The lowest BCUT2D eigenvalue weighted by atomic mass is 10.2. The first-order valence-corrected chi connectivity index (χ1v) is 6.10. The Bertz CT molecular complexity index is 708. The maximum Gasteiger partial charge on any atom is 0.224 e. The van der Waals surface area contributed by atoms with E-state index >= 15 is 0 Å². The summed E-state index contributed by atoms with van der Waals surface area (Å²) in [4.78, 5) is 12.4. The number of imidazole rings is 1. The molecule has 3 aromatic rings. The van der Waals surface area contributed by atoms with Gasteiger partial charge in [-0.15, -0.1) is 0 Å². The smallest absolute Gasteiger partial charge is 0.224 e. The molecule has 0 radical (unpaired) electrons. The molecule has 96 valence electrons. The van der Waals surface area contributed by atoms with Gasteiger partial charge in [-0.05, 0) is 29.3 Å². The fraction of sp³-hybridized carbons (Fsp3) is 0.154. The van der Waals surface area contributed by atoms with Crippen LogP contribution in [-0.2, 0) is 6.54 Å². The topological polar surface area (TPSA) is 52.8 Å². The van der Waals surface area contributed by atoms with Gasteiger partial charge >= 0.3 is 0 Å². The van der Waals surface area contributed by atoms with Gasteiger partial charge in [0.05, 0.1) is 26.2 Å². The molecule has 0 fully saturated rings. The third-order valence-electron chi connectivity index (χ3n) is 2.84. The molecular weight excluding hydrogens is 264 g/mol. The number of hydrogen-bond acceptors (Lipinski definition) is 4. The van der Waals surface area contributed by atoms with Gasteiger partial charge in [0.15, 0.2) is 5.65 Å². The second-order valence-electron chi connectivity index (χ2n) is 4.07. The number of rotatable bonds is 3. The maximum atomic E-state index is 5.81. The number of methoxy groups -OCH3 is 1. The van der Waals surface area contributed by atoms with Gasteiger partial charge in [-0.25, -0.2) is 9.97 Å². The maximum absolute atomic E-state index is 5.81. The van der Waals surface area contributed by atoms with Gasteiger partial charge in [-0.1, -0.05) is 12.1 Å². The second kappa shape index (κ2) is 4.85. The average Bonchev–Trinajstić information content (AvgIpc) is 2.82. The Hall–Kier alpha value is -2.14. The number of fused-ring (bicyclic) bond motifs is 1. The van der Waals surface area contributed by atoms with Crippen molar-refractivity contribution in [1.29, 1.82) is 0 Å². The summed E-state index contributed by atoms with van der Waals surface area (Å²) in [7, 11) is 1.65. The van der Waals surface area contributed by atoms with Crippen molar-refractivity contribution in [2.24, 2.45) is 0 Å². The molecule has 6 heteroatoms. The zero-order valence-electron chi connectivity index (χ0n) is 10.2. The van der Waals surface area contributed by atoms with Crippen LogP contribution < -0.4 is 4.74 Å². The Balaban J connectivity index is 1.93. The summed E-state index contributed by atoms with van der Waals surface area (Å²) >= 11 is 5.81. The van der Waals surface area contributed by atoms with Crippen LogP contribution in [0.1, 0.15) is 5.56 Å². The predicted octanol–water partition coefficient (Wildman–Crippen LogP) is 2.54. The van der Waals surface area contributed by atoms with E-state index in [4.69, 9.17) is 16.3 Å². The van der Waals surface area contributed by atoms with E-state index in [9.17, 15) is 0 Å². The van der Waals surface area contributed by atoms with Crippen molar-refractivity contribution in [1.82, 2.24) is 19.5 Å². The Labute approximate surface area is 114 Å². The van der Waals surface area contributed by atoms with E-state index in [1.807, 2.05) is 28.8 Å². The van der Waals surface area contributed by atoms with Crippen LogP contribution in [0.4, 0.5) is 0 Å². The van der Waals surface area contributed by atoms with Gasteiger partial charge in [0.2, 0.25) is 5.28 Å². The molecule has 1 aromatic carbocycles. The lowest BCUT2D eigenvalue weighted by Crippen LogP contribution is -1.99. The SMILES string of the molecule is COc1ccc(Cn2cnc3cnc(Cl)nc32)cc1. The number of benzene rings is 1. The molecule has 0 aliphatic rings. The van der Waals surface area contributed by atoms with Crippen LogP contribution in [0.25, 0.3) is 11.2 Å². The number of aromatic nitrogens is 4. The molecule has 0 aliphatic carbocycles. The van der Waals surface area contributed by atoms with E-state index in [-0.39, 0.29) is 5.28 Å². The summed E-state index contributed by atoms with van der Waals surface area (Å²) in [6, 6.07) is 7.87. The number of ether oxygens (including phenoxy) is 1. The molecule has 19 heavy (non-hydrogen) atoms. The zero-order valence-corrected chi connectivity index (χ0v) is 11.0. The van der Waals surface area contributed by atoms with Crippen LogP contribution in [-0.4, -0.2) is 26.6 Å². The van der Waals surface area contributed by atoms with E-state index in [0.29, 0.717) is 6.54 Å². The van der Waals surface area contributed by atoms with E-state index < -0.39 is 0 Å². The molecule has 2 aromatic heterocycles. The highest BCUT2D eigenvalue weighted by Gasteiger charge is 2.06. The standard InChI is InChI=1S/C13H11ClN4O/c1-19-10-4-2-9(3-5-10)7-18-8-16-11-6-15-13(14)17-12(11)18/h2-6,8H,7H2,1H3. The molecule has 0 aliphatic heterocycles. The molecule has 0 atom stereocenters. The summed E-state index contributed by atoms with van der Waals surface area (Å²) in [6.45, 7) is 0.674. The minimum absolute atomic E-state index is 0.226. The highest BCUT2D eigenvalue weighted by atomic mass is 35.5. The molecule has 0 bridgehead atoms. The molecule has 0 spiro atoms. The summed E-state index contributed by atoms with van der Waals surface area (Å²) in [6.07, 6.45) is 3.36. The normalized spacial score (nSPS) is 10.8. The summed E-state index contributed by atoms with van der Waals surface area (Å²) < 4.78 is 7.07. The molecule has 5 nitrogen and oxygen atoms in total. The fourth-order valence-electron chi connectivity index (χ4n) is 1.88. The van der Waals surface area contributed by atoms with Gasteiger partial charge in [0.1, 0.15) is 11.3 Å². The van der Waals surface area contributed by atoms with Crippen molar-refractivity contribution in [2.75, 3.05) is 7.11 Å². The van der Waals surface area contributed by atoms with Crippen LogP contribution in [0.2, 0.25) is 5.28 Å². The fourth-order valence-corrected chi connectivity index (χ4v) is 2.01. The Morgan fingerprint density at radius 1 is 1.21 bits per heavy atom. The van der Waals surface area contributed by atoms with Crippen molar-refractivity contribution in [3.8, 4) is 5.75 Å². The summed E-state index contributed by atoms with van der Waals surface area (Å²) in [5, 5.41) is 0.226. The van der Waals surface area contributed by atoms with Gasteiger partial charge in [0.25, 0.3) is 0 Å². The second-order valence-corrected chi connectivity index (χ2v) is 4.41. The first kappa shape index (κ1) is 11.9. The van der Waals surface area contributed by atoms with Crippen LogP contribution in [0.15, 0.2) is 36.8 Å². The van der Waals surface area contributed by atoms with Gasteiger partial charge in [0, 0.05) is 0 Å². The van der Waals surface area contributed by atoms with E-state index in [1.165, 1.54) is 0 Å². The van der Waals surface area contributed by atoms with Crippen LogP contribution >= 0.6 is 11.6 Å². The minimum Gasteiger partial charge on any atom is -0.497 e. The highest BCUT2D eigenvalue weighted by Crippen LogP contribution is 2.16. The highest BCUT2D eigenvalue weighted by molar-refractivity contribution is 6.28. The Kier molecular flexibility index (Phi) is 3.05. The molecule has 2 heterocycles. The Morgan fingerprint density at radius 2 is 2.00 bits per heavy atom. The Morgan fingerprint density at radius 3 is 2.74 bits per heavy atom. The molecule has 0 saturated carbocycles. The van der Waals surface area contributed by atoms with Gasteiger partial charge in [-0.3, -0.25) is 0 Å². The third-order valence-corrected chi connectivity index (χ3v) is 3.02. The first-order valence-electron chi connectivity index (χ1n) is 5.72. The van der Waals surface area contributed by atoms with E-state index in [0.717, 1.165) is 22.5 Å². The average molecular weight is 275 g/mol. The summed E-state index contributed by atoms with van der Waals surface area (Å²) in [5.41, 5.74) is 2.60. The zero-order chi connectivity index (χ0) is 13.2. The predicted molar refractivity (Wildman–Crippen MR) is 72.4 cm³/mol. The van der Waals surface area contributed by atoms with Gasteiger partial charge < -0.3 is 9.30 Å². The number of hydrogen-bond donors (Lipinski definition) is 0. The van der Waals surface area contributed by atoms with Crippen LogP contribution in [0, 0.1) is 0 Å². The van der Waals surface area contributed by atoms with Crippen molar-refractivity contribution in [2.45, 2.75) is 6.54 Å². The van der Waals surface area contributed by atoms with E-state index in [1.54, 1.807) is 19.6 Å². The lowest BCUT2D eigenvalue weighted by molar-refractivity contribution is 0.414. The molecule has 0 saturated heterocycles. The van der Waals surface area contributed by atoms with Crippen molar-refractivity contribution >= 4 is 22.8 Å². The third kappa shape index (κ3) is 2.37. The monoisotopic (exact) mass is 274 g/mol. The van der Waals surface area contributed by atoms with Crippen molar-refractivity contribution in [3.63, 3.8) is 0 Å². The molecule has 0 unspecified atom stereocenters. The summed E-state index contributed by atoms with van der Waals surface area (Å²) in [5.74, 6) is 0.838. The van der Waals surface area contributed by atoms with Crippen molar-refractivity contribution in [3.05, 3.63) is 47.6 Å². The number of nitrogens with zero attached hydrogens (tertiary/aromatic N) is 4. The molecule has 3 rings (SSSR count). The largest absolute Gasteiger partial charge is 0.497 e. The molecular formula is C13H11ClN4O. The molecule has 0 amide bonds. The first-order chi connectivity index (χ1) is 9.26. The molecule has 0 N–H and O–H groups in total. The number of halogens is 1. The van der Waals surface area contributed by atoms with Crippen LogP contribution in [0.5, 0.6) is 5.75 Å². The van der Waals surface area contributed by atoms with E-state index in [2.05, 4.69) is 15.0 Å². The van der Waals surface area contributed by atoms with Crippen molar-refractivity contribution < 1.29 is 4.74 Å².